The van der Waals surface area contributed by atoms with Gasteiger partial charge >= 0.3 is 6.03 Å². The van der Waals surface area contributed by atoms with Gasteiger partial charge in [-0.3, -0.25) is 0 Å². The quantitative estimate of drug-likeness (QED) is 0.791. The number of amides is 2. The van der Waals surface area contributed by atoms with Gasteiger partial charge in [-0.25, -0.2) is 9.18 Å². The first kappa shape index (κ1) is 15.0. The van der Waals surface area contributed by atoms with Gasteiger partial charge in [0.1, 0.15) is 5.82 Å². The van der Waals surface area contributed by atoms with E-state index in [1.54, 1.807) is 12.1 Å². The van der Waals surface area contributed by atoms with E-state index in [1.807, 2.05) is 30.3 Å². The average Bonchev–Trinajstić information content (AvgIpc) is 2.52. The number of nitrogens with one attached hydrogen (secondary N) is 2. The van der Waals surface area contributed by atoms with Crippen molar-refractivity contribution in [2.75, 3.05) is 6.54 Å². The largest absolute Gasteiger partial charge is 0.386 e. The Kier molecular flexibility index (Phi) is 5.29. The lowest BCUT2D eigenvalue weighted by Gasteiger charge is -2.13. The highest BCUT2D eigenvalue weighted by Gasteiger charge is 2.12. The Morgan fingerprint density at radius 2 is 1.71 bits per heavy atom. The summed E-state index contributed by atoms with van der Waals surface area (Å²) in [6, 6.07) is 15.0. The van der Waals surface area contributed by atoms with E-state index in [4.69, 9.17) is 0 Å². The topological polar surface area (TPSA) is 61.4 Å². The maximum Gasteiger partial charge on any atom is 0.315 e. The maximum absolute atomic E-state index is 13.4. The van der Waals surface area contributed by atoms with Gasteiger partial charge in [-0.05, 0) is 11.6 Å². The molecule has 0 aromatic heterocycles. The van der Waals surface area contributed by atoms with Gasteiger partial charge in [-0.1, -0.05) is 48.5 Å². The fraction of sp³-hybridized carbons (Fsp3) is 0.188. The molecule has 110 valence electrons. The van der Waals surface area contributed by atoms with Gasteiger partial charge in [-0.2, -0.15) is 0 Å². The number of aliphatic hydroxyl groups excluding tert-OH is 1. The van der Waals surface area contributed by atoms with Crippen molar-refractivity contribution in [1.29, 1.82) is 0 Å². The average molecular weight is 288 g/mol. The molecular formula is C16H17FN2O2. The minimum Gasteiger partial charge on any atom is -0.386 e. The number of carbonyl (C=O) groups excluding carboxylic acids is 1. The van der Waals surface area contributed by atoms with Crippen LogP contribution in [-0.4, -0.2) is 17.7 Å². The summed E-state index contributed by atoms with van der Waals surface area (Å²) >= 11 is 0. The molecule has 5 heteroatoms. The molecule has 0 aliphatic carbocycles. The third-order valence-corrected chi connectivity index (χ3v) is 3.02. The Morgan fingerprint density at radius 3 is 2.43 bits per heavy atom. The number of halogens is 1. The Morgan fingerprint density at radius 1 is 1.05 bits per heavy atom. The van der Waals surface area contributed by atoms with Crippen LogP contribution in [0.25, 0.3) is 0 Å². The number of aliphatic hydroxyl groups is 1. The minimum atomic E-state index is -1.08. The highest BCUT2D eigenvalue weighted by Crippen LogP contribution is 2.15. The van der Waals surface area contributed by atoms with Gasteiger partial charge in [0.25, 0.3) is 0 Å². The van der Waals surface area contributed by atoms with Crippen molar-refractivity contribution in [1.82, 2.24) is 10.6 Å². The van der Waals surface area contributed by atoms with Crippen molar-refractivity contribution in [2.24, 2.45) is 0 Å². The molecule has 0 heterocycles. The summed E-state index contributed by atoms with van der Waals surface area (Å²) in [6.07, 6.45) is -1.08. The van der Waals surface area contributed by atoms with Gasteiger partial charge < -0.3 is 15.7 Å². The molecule has 0 radical (unpaired) electrons. The molecule has 0 aliphatic rings. The summed E-state index contributed by atoms with van der Waals surface area (Å²) in [5, 5.41) is 15.0. The lowest BCUT2D eigenvalue weighted by molar-refractivity contribution is 0.169. The van der Waals surface area contributed by atoms with Crippen LogP contribution in [0, 0.1) is 5.82 Å². The molecule has 0 spiro atoms. The molecule has 2 rings (SSSR count). The molecule has 0 fully saturated rings. The van der Waals surface area contributed by atoms with Crippen LogP contribution in [-0.2, 0) is 6.54 Å². The number of urea groups is 1. The highest BCUT2D eigenvalue weighted by atomic mass is 19.1. The van der Waals surface area contributed by atoms with Crippen molar-refractivity contribution >= 4 is 6.03 Å². The Bertz CT molecular complexity index is 590. The zero-order valence-corrected chi connectivity index (χ0v) is 11.4. The first-order valence-corrected chi connectivity index (χ1v) is 6.65. The van der Waals surface area contributed by atoms with Crippen molar-refractivity contribution in [3.05, 3.63) is 71.5 Å². The van der Waals surface area contributed by atoms with Crippen LogP contribution in [0.4, 0.5) is 9.18 Å². The van der Waals surface area contributed by atoms with Crippen LogP contribution < -0.4 is 10.6 Å². The van der Waals surface area contributed by atoms with Crippen LogP contribution in [0.15, 0.2) is 54.6 Å². The Balaban J connectivity index is 1.77. The standard InChI is InChI=1S/C16H17FN2O2/c17-14-9-5-4-8-13(14)15(20)11-19-16(21)18-10-12-6-2-1-3-7-12/h1-9,15,20H,10-11H2,(H2,18,19,21). The molecule has 0 aliphatic heterocycles. The number of rotatable bonds is 5. The van der Waals surface area contributed by atoms with Crippen LogP contribution >= 0.6 is 0 Å². The number of benzene rings is 2. The van der Waals surface area contributed by atoms with Crippen molar-refractivity contribution < 1.29 is 14.3 Å². The Hall–Kier alpha value is -2.40. The smallest absolute Gasteiger partial charge is 0.315 e. The fourth-order valence-corrected chi connectivity index (χ4v) is 1.89. The monoisotopic (exact) mass is 288 g/mol. The molecule has 1 atom stereocenters. The predicted molar refractivity (Wildman–Crippen MR) is 78.0 cm³/mol. The van der Waals surface area contributed by atoms with Gasteiger partial charge in [-0.15, -0.1) is 0 Å². The molecule has 2 amide bonds. The molecule has 1 unspecified atom stereocenters. The van der Waals surface area contributed by atoms with Crippen LogP contribution in [0.2, 0.25) is 0 Å². The molecule has 0 bridgehead atoms. The lowest BCUT2D eigenvalue weighted by Crippen LogP contribution is -2.37. The second-order valence-electron chi connectivity index (χ2n) is 4.59. The summed E-state index contributed by atoms with van der Waals surface area (Å²) in [6.45, 7) is 0.337. The molecule has 3 N–H and O–H groups in total. The summed E-state index contributed by atoms with van der Waals surface area (Å²) in [7, 11) is 0. The van der Waals surface area contributed by atoms with Crippen molar-refractivity contribution in [2.45, 2.75) is 12.6 Å². The Labute approximate surface area is 122 Å². The van der Waals surface area contributed by atoms with Crippen LogP contribution in [0.1, 0.15) is 17.2 Å². The fourth-order valence-electron chi connectivity index (χ4n) is 1.89. The summed E-state index contributed by atoms with van der Waals surface area (Å²) < 4.78 is 13.4. The second-order valence-corrected chi connectivity index (χ2v) is 4.59. The van der Waals surface area contributed by atoms with Crippen molar-refractivity contribution in [3.8, 4) is 0 Å². The van der Waals surface area contributed by atoms with E-state index in [9.17, 15) is 14.3 Å². The van der Waals surface area contributed by atoms with E-state index in [1.165, 1.54) is 12.1 Å². The SMILES string of the molecule is O=C(NCc1ccccc1)NCC(O)c1ccccc1F. The van der Waals surface area contributed by atoms with E-state index in [-0.39, 0.29) is 12.1 Å². The van der Waals surface area contributed by atoms with E-state index >= 15 is 0 Å². The third kappa shape index (κ3) is 4.57. The summed E-state index contributed by atoms with van der Waals surface area (Å²) in [5.74, 6) is -0.489. The van der Waals surface area contributed by atoms with E-state index in [0.717, 1.165) is 5.56 Å². The van der Waals surface area contributed by atoms with Crippen LogP contribution in [0.5, 0.6) is 0 Å². The first-order valence-electron chi connectivity index (χ1n) is 6.65. The summed E-state index contributed by atoms with van der Waals surface area (Å²) in [4.78, 5) is 11.6. The van der Waals surface area contributed by atoms with E-state index < -0.39 is 18.0 Å². The second kappa shape index (κ2) is 7.40. The number of hydrogen-bond acceptors (Lipinski definition) is 2. The molecule has 2 aromatic carbocycles. The van der Waals surface area contributed by atoms with E-state index in [2.05, 4.69) is 10.6 Å². The lowest BCUT2D eigenvalue weighted by atomic mass is 10.1. The summed E-state index contributed by atoms with van der Waals surface area (Å²) in [5.41, 5.74) is 1.14. The van der Waals surface area contributed by atoms with Gasteiger partial charge in [0.15, 0.2) is 0 Å². The third-order valence-electron chi connectivity index (χ3n) is 3.02. The highest BCUT2D eigenvalue weighted by molar-refractivity contribution is 5.73. The van der Waals surface area contributed by atoms with E-state index in [0.29, 0.717) is 6.54 Å². The van der Waals surface area contributed by atoms with Crippen molar-refractivity contribution in [3.63, 3.8) is 0 Å². The zero-order chi connectivity index (χ0) is 15.1. The van der Waals surface area contributed by atoms with Gasteiger partial charge in [0.2, 0.25) is 0 Å². The maximum atomic E-state index is 13.4. The van der Waals surface area contributed by atoms with Gasteiger partial charge in [0, 0.05) is 18.7 Å². The molecule has 0 saturated carbocycles. The van der Waals surface area contributed by atoms with Gasteiger partial charge in [0.05, 0.1) is 6.10 Å². The molecular weight excluding hydrogens is 271 g/mol. The normalized spacial score (nSPS) is 11.7. The number of hydrogen-bond donors (Lipinski definition) is 3. The predicted octanol–water partition coefficient (Wildman–Crippen LogP) is 2.36. The zero-order valence-electron chi connectivity index (χ0n) is 11.4. The first-order chi connectivity index (χ1) is 10.2. The molecule has 4 nitrogen and oxygen atoms in total. The van der Waals surface area contributed by atoms with Crippen LogP contribution in [0.3, 0.4) is 0 Å². The number of carbonyl (C=O) groups is 1. The molecule has 2 aromatic rings. The molecule has 21 heavy (non-hydrogen) atoms. The molecule has 0 saturated heterocycles. The minimum absolute atomic E-state index is 0.0540.